The van der Waals surface area contributed by atoms with E-state index in [-0.39, 0.29) is 18.5 Å². The molecule has 1 N–H and O–H groups in total. The van der Waals surface area contributed by atoms with Gasteiger partial charge in [0, 0.05) is 17.2 Å². The van der Waals surface area contributed by atoms with E-state index in [0.717, 1.165) is 11.3 Å². The normalized spacial score (nSPS) is 11.9. The van der Waals surface area contributed by atoms with Crippen molar-refractivity contribution in [2.75, 3.05) is 12.1 Å². The average molecular weight is 374 g/mol. The molecule has 0 bridgehead atoms. The maximum atomic E-state index is 12.8. The van der Waals surface area contributed by atoms with E-state index in [2.05, 4.69) is 10.3 Å². The van der Waals surface area contributed by atoms with Crippen molar-refractivity contribution in [2.24, 2.45) is 0 Å². The molecule has 1 amide bonds. The quantitative estimate of drug-likeness (QED) is 0.691. The molecule has 0 unspecified atom stereocenters. The number of carbonyl (C=O) groups is 2. The maximum Gasteiger partial charge on any atom is 0.257 e. The van der Waals surface area contributed by atoms with E-state index in [1.807, 2.05) is 36.4 Å². The molecule has 140 valence electrons. The van der Waals surface area contributed by atoms with Crippen LogP contribution in [0.3, 0.4) is 0 Å². The molecule has 6 heteroatoms. The Hall–Kier alpha value is -3.67. The van der Waals surface area contributed by atoms with E-state index in [1.54, 1.807) is 25.1 Å². The van der Waals surface area contributed by atoms with E-state index in [4.69, 9.17) is 9.47 Å². The summed E-state index contributed by atoms with van der Waals surface area (Å²) < 4.78 is 10.7. The van der Waals surface area contributed by atoms with Gasteiger partial charge in [0.25, 0.3) is 5.91 Å². The van der Waals surface area contributed by atoms with Crippen molar-refractivity contribution >= 4 is 17.4 Å². The molecule has 28 heavy (non-hydrogen) atoms. The number of Topliss-reactive ketones (excluding diaryl/α,β-unsaturated/α-hetero) is 1. The number of aryl methyl sites for hydroxylation is 1. The van der Waals surface area contributed by atoms with Gasteiger partial charge in [0.1, 0.15) is 0 Å². The summed E-state index contributed by atoms with van der Waals surface area (Å²) in [5, 5.41) is 2.80. The van der Waals surface area contributed by atoms with Crippen molar-refractivity contribution in [3.8, 4) is 22.8 Å². The summed E-state index contributed by atoms with van der Waals surface area (Å²) in [7, 11) is 0. The highest BCUT2D eigenvalue weighted by Crippen LogP contribution is 2.37. The lowest BCUT2D eigenvalue weighted by Gasteiger charge is -2.12. The molecule has 0 radical (unpaired) electrons. The number of ketones is 1. The Labute approximate surface area is 162 Å². The summed E-state index contributed by atoms with van der Waals surface area (Å²) in [6.45, 7) is 3.32. The minimum atomic E-state index is -0.342. The second-order valence-electron chi connectivity index (χ2n) is 6.46. The zero-order valence-corrected chi connectivity index (χ0v) is 15.5. The third-order valence-corrected chi connectivity index (χ3v) is 4.54. The number of benzene rings is 2. The van der Waals surface area contributed by atoms with Crippen LogP contribution in [0.1, 0.15) is 33.3 Å². The van der Waals surface area contributed by atoms with E-state index >= 15 is 0 Å². The summed E-state index contributed by atoms with van der Waals surface area (Å²) in [5.74, 6) is 0.469. The zero-order chi connectivity index (χ0) is 19.7. The summed E-state index contributed by atoms with van der Waals surface area (Å²) >= 11 is 0. The number of hydrogen-bond acceptors (Lipinski definition) is 5. The topological polar surface area (TPSA) is 77.5 Å². The lowest BCUT2D eigenvalue weighted by Crippen LogP contribution is -2.16. The number of rotatable bonds is 4. The molecule has 2 aromatic carbocycles. The minimum absolute atomic E-state index is 0.0913. The molecule has 1 aliphatic heterocycles. The Bertz CT molecular complexity index is 1080. The van der Waals surface area contributed by atoms with Crippen LogP contribution >= 0.6 is 0 Å². The van der Waals surface area contributed by atoms with Gasteiger partial charge in [0.05, 0.1) is 22.6 Å². The SMILES string of the molecule is CC(=O)c1cc2c(cc1NC(=O)c1ccc(-c3ccccc3)nc1C)OCO2. The first kappa shape index (κ1) is 17.7. The van der Waals surface area contributed by atoms with Gasteiger partial charge in [-0.05, 0) is 32.0 Å². The zero-order valence-electron chi connectivity index (χ0n) is 15.5. The molecule has 1 aromatic heterocycles. The largest absolute Gasteiger partial charge is 0.454 e. The highest BCUT2D eigenvalue weighted by molar-refractivity contribution is 6.10. The van der Waals surface area contributed by atoms with Crippen molar-refractivity contribution in [2.45, 2.75) is 13.8 Å². The molecule has 1 aliphatic rings. The second kappa shape index (κ2) is 7.15. The van der Waals surface area contributed by atoms with Crippen LogP contribution in [0.5, 0.6) is 11.5 Å². The number of pyridine rings is 1. The fourth-order valence-electron chi connectivity index (χ4n) is 3.10. The third kappa shape index (κ3) is 3.32. The number of nitrogens with one attached hydrogen (secondary N) is 1. The second-order valence-corrected chi connectivity index (χ2v) is 6.46. The van der Waals surface area contributed by atoms with Gasteiger partial charge in [-0.15, -0.1) is 0 Å². The molecular formula is C22H18N2O4. The van der Waals surface area contributed by atoms with Gasteiger partial charge in [-0.25, -0.2) is 0 Å². The third-order valence-electron chi connectivity index (χ3n) is 4.54. The van der Waals surface area contributed by atoms with Crippen LogP contribution in [0, 0.1) is 6.92 Å². The molecular weight excluding hydrogens is 356 g/mol. The van der Waals surface area contributed by atoms with Gasteiger partial charge in [-0.1, -0.05) is 30.3 Å². The Morgan fingerprint density at radius 2 is 1.68 bits per heavy atom. The lowest BCUT2D eigenvalue weighted by atomic mass is 10.1. The first-order valence-corrected chi connectivity index (χ1v) is 8.82. The van der Waals surface area contributed by atoms with Crippen LogP contribution in [0.4, 0.5) is 5.69 Å². The molecule has 0 atom stereocenters. The Balaban J connectivity index is 1.63. The fourth-order valence-corrected chi connectivity index (χ4v) is 3.10. The van der Waals surface area contributed by atoms with Gasteiger partial charge in [-0.3, -0.25) is 14.6 Å². The number of nitrogens with zero attached hydrogens (tertiary/aromatic N) is 1. The van der Waals surface area contributed by atoms with Gasteiger partial charge in [0.2, 0.25) is 6.79 Å². The summed E-state index contributed by atoms with van der Waals surface area (Å²) in [4.78, 5) is 29.4. The fraction of sp³-hybridized carbons (Fsp3) is 0.136. The molecule has 2 heterocycles. The lowest BCUT2D eigenvalue weighted by molar-refractivity contribution is 0.101. The van der Waals surface area contributed by atoms with Crippen LogP contribution in [0.15, 0.2) is 54.6 Å². The van der Waals surface area contributed by atoms with Gasteiger partial charge in [-0.2, -0.15) is 0 Å². The van der Waals surface area contributed by atoms with Crippen LogP contribution in [0.2, 0.25) is 0 Å². The summed E-state index contributed by atoms with van der Waals surface area (Å²) in [6.07, 6.45) is 0. The van der Waals surface area contributed by atoms with E-state index in [1.165, 1.54) is 6.92 Å². The van der Waals surface area contributed by atoms with Crippen molar-refractivity contribution in [3.63, 3.8) is 0 Å². The van der Waals surface area contributed by atoms with Gasteiger partial charge >= 0.3 is 0 Å². The molecule has 0 fully saturated rings. The van der Waals surface area contributed by atoms with E-state index in [9.17, 15) is 9.59 Å². The van der Waals surface area contributed by atoms with Gasteiger partial charge < -0.3 is 14.8 Å². The van der Waals surface area contributed by atoms with Crippen molar-refractivity contribution in [3.05, 3.63) is 71.4 Å². The summed E-state index contributed by atoms with van der Waals surface area (Å²) in [5.41, 5.74) is 3.56. The molecule has 6 nitrogen and oxygen atoms in total. The predicted molar refractivity (Wildman–Crippen MR) is 105 cm³/mol. The molecule has 0 spiro atoms. The van der Waals surface area contributed by atoms with Crippen molar-refractivity contribution in [1.82, 2.24) is 4.98 Å². The Morgan fingerprint density at radius 3 is 2.36 bits per heavy atom. The highest BCUT2D eigenvalue weighted by Gasteiger charge is 2.21. The van der Waals surface area contributed by atoms with E-state index < -0.39 is 0 Å². The molecule has 0 aliphatic carbocycles. The first-order chi connectivity index (χ1) is 13.5. The summed E-state index contributed by atoms with van der Waals surface area (Å²) in [6, 6.07) is 16.5. The average Bonchev–Trinajstić information content (AvgIpc) is 3.15. The van der Waals surface area contributed by atoms with E-state index in [0.29, 0.717) is 34.0 Å². The standard InChI is InChI=1S/C22H18N2O4/c1-13-16(8-9-18(23-13)15-6-4-3-5-7-15)22(26)24-19-11-21-20(27-12-28-21)10-17(19)14(2)25/h3-11H,12H2,1-2H3,(H,24,26). The van der Waals surface area contributed by atoms with Crippen LogP contribution < -0.4 is 14.8 Å². The minimum Gasteiger partial charge on any atom is -0.454 e. The van der Waals surface area contributed by atoms with Crippen LogP contribution in [-0.2, 0) is 0 Å². The van der Waals surface area contributed by atoms with Crippen LogP contribution in [0.25, 0.3) is 11.3 Å². The number of amides is 1. The predicted octanol–water partition coefficient (Wildman–Crippen LogP) is 4.24. The van der Waals surface area contributed by atoms with Crippen molar-refractivity contribution in [1.29, 1.82) is 0 Å². The van der Waals surface area contributed by atoms with Crippen LogP contribution in [-0.4, -0.2) is 23.5 Å². The number of carbonyl (C=O) groups excluding carboxylic acids is 2. The molecule has 0 saturated carbocycles. The number of anilines is 1. The first-order valence-electron chi connectivity index (χ1n) is 8.82. The number of fused-ring (bicyclic) bond motifs is 1. The van der Waals surface area contributed by atoms with Gasteiger partial charge in [0.15, 0.2) is 17.3 Å². The number of hydrogen-bond donors (Lipinski definition) is 1. The Kier molecular flexibility index (Phi) is 4.53. The Morgan fingerprint density at radius 1 is 0.964 bits per heavy atom. The molecule has 3 aromatic rings. The number of ether oxygens (including phenoxy) is 2. The number of aromatic nitrogens is 1. The molecule has 0 saturated heterocycles. The smallest absolute Gasteiger partial charge is 0.257 e. The van der Waals surface area contributed by atoms with Crippen molar-refractivity contribution < 1.29 is 19.1 Å². The monoisotopic (exact) mass is 374 g/mol. The molecule has 4 rings (SSSR count). The highest BCUT2D eigenvalue weighted by atomic mass is 16.7. The maximum absolute atomic E-state index is 12.8.